The largest absolute Gasteiger partial charge is 0.490 e. The molecule has 172 valence electrons. The quantitative estimate of drug-likeness (QED) is 0.559. The molecule has 7 heteroatoms. The topological polar surface area (TPSA) is 51.7 Å². The number of alkyl halides is 2. The number of halogens is 2. The Morgan fingerprint density at radius 3 is 2.52 bits per heavy atom. The summed E-state index contributed by atoms with van der Waals surface area (Å²) in [6.45, 7) is 2.31. The number of nitrogens with zero attached hydrogens (tertiary/aromatic N) is 2. The summed E-state index contributed by atoms with van der Waals surface area (Å²) in [5, 5.41) is 2.31. The molecule has 3 heterocycles. The molecule has 2 saturated heterocycles. The van der Waals surface area contributed by atoms with Gasteiger partial charge in [-0.15, -0.1) is 0 Å². The lowest BCUT2D eigenvalue weighted by molar-refractivity contribution is -0.142. The van der Waals surface area contributed by atoms with E-state index < -0.39 is 25.1 Å². The Bertz CT molecular complexity index is 1160. The molecule has 1 amide bonds. The fourth-order valence-electron chi connectivity index (χ4n) is 4.59. The molecule has 3 aromatic rings. The van der Waals surface area contributed by atoms with Gasteiger partial charge in [0.1, 0.15) is 24.6 Å². The molecule has 1 unspecified atom stereocenters. The lowest BCUT2D eigenvalue weighted by Crippen LogP contribution is -2.46. The fraction of sp³-hybridized carbons (Fsp3) is 0.385. The molecular weight excluding hydrogens is 426 g/mol. The van der Waals surface area contributed by atoms with Gasteiger partial charge < -0.3 is 14.4 Å². The Kier molecular flexibility index (Phi) is 5.74. The van der Waals surface area contributed by atoms with E-state index in [1.165, 1.54) is 0 Å². The van der Waals surface area contributed by atoms with Gasteiger partial charge in [0.15, 0.2) is 0 Å². The van der Waals surface area contributed by atoms with Crippen molar-refractivity contribution < 1.29 is 23.0 Å². The van der Waals surface area contributed by atoms with Crippen LogP contribution in [0.15, 0.2) is 54.7 Å². The zero-order valence-electron chi connectivity index (χ0n) is 18.5. The summed E-state index contributed by atoms with van der Waals surface area (Å²) in [4.78, 5) is 18.4. The van der Waals surface area contributed by atoms with E-state index in [0.717, 1.165) is 33.3 Å². The first-order valence-electron chi connectivity index (χ1n) is 11.3. The highest BCUT2D eigenvalue weighted by molar-refractivity contribution is 5.88. The molecule has 2 aromatic carbocycles. The number of hydrogen-bond donors (Lipinski definition) is 0. The van der Waals surface area contributed by atoms with Crippen LogP contribution in [0.1, 0.15) is 25.0 Å². The van der Waals surface area contributed by atoms with Crippen LogP contribution >= 0.6 is 0 Å². The smallest absolute Gasteiger partial charge is 0.274 e. The van der Waals surface area contributed by atoms with E-state index >= 15 is 0 Å². The minimum absolute atomic E-state index is 0.0121. The van der Waals surface area contributed by atoms with Gasteiger partial charge in [-0.3, -0.25) is 9.78 Å². The first-order valence-corrected chi connectivity index (χ1v) is 11.3. The van der Waals surface area contributed by atoms with Gasteiger partial charge >= 0.3 is 0 Å². The number of likely N-dealkylation sites (tertiary alicyclic amines) is 1. The van der Waals surface area contributed by atoms with Crippen molar-refractivity contribution in [1.82, 2.24) is 9.88 Å². The molecule has 33 heavy (non-hydrogen) atoms. The number of pyridine rings is 1. The number of rotatable bonds is 4. The second kappa shape index (κ2) is 8.71. The summed E-state index contributed by atoms with van der Waals surface area (Å²) < 4.78 is 37.8. The maximum Gasteiger partial charge on any atom is 0.274 e. The molecule has 0 bridgehead atoms. The molecule has 5 rings (SSSR count). The number of carbonyl (C=O) groups is 1. The Morgan fingerprint density at radius 2 is 1.82 bits per heavy atom. The number of carbonyl (C=O) groups excluding carboxylic acids is 1. The molecule has 0 spiro atoms. The molecule has 2 aliphatic rings. The standard InChI is InChI=1S/C26H26F2N2O3/c1-17-23-7-4-19(14-20(23)8-11-29-17)18-2-5-21(6-3-18)33-22-9-12-30(13-10-22)25(31)24-15-26(27,28)16-32-24/h2-8,11,14,22,24H,9-10,12-13,15-16H2,1H3. The van der Waals surface area contributed by atoms with Gasteiger partial charge in [-0.2, -0.15) is 0 Å². The molecule has 2 aliphatic heterocycles. The number of benzene rings is 2. The number of fused-ring (bicyclic) bond motifs is 1. The fourth-order valence-corrected chi connectivity index (χ4v) is 4.59. The van der Waals surface area contributed by atoms with E-state index in [-0.39, 0.29) is 12.0 Å². The summed E-state index contributed by atoms with van der Waals surface area (Å²) >= 11 is 0. The average Bonchev–Trinajstić information content (AvgIpc) is 3.19. The summed E-state index contributed by atoms with van der Waals surface area (Å²) in [6, 6.07) is 16.4. The average molecular weight is 453 g/mol. The van der Waals surface area contributed by atoms with Gasteiger partial charge in [0.25, 0.3) is 11.8 Å². The van der Waals surface area contributed by atoms with Crippen molar-refractivity contribution in [2.75, 3.05) is 19.7 Å². The van der Waals surface area contributed by atoms with Crippen molar-refractivity contribution >= 4 is 16.7 Å². The highest BCUT2D eigenvalue weighted by Gasteiger charge is 2.45. The number of aromatic nitrogens is 1. The van der Waals surface area contributed by atoms with E-state index in [0.29, 0.717) is 25.9 Å². The molecular formula is C26H26F2N2O3. The van der Waals surface area contributed by atoms with Crippen LogP contribution in [0.4, 0.5) is 8.78 Å². The van der Waals surface area contributed by atoms with Crippen molar-refractivity contribution in [2.45, 2.75) is 44.3 Å². The number of amides is 1. The van der Waals surface area contributed by atoms with Crippen LogP contribution in [0.2, 0.25) is 0 Å². The van der Waals surface area contributed by atoms with Crippen LogP contribution in [0.25, 0.3) is 21.9 Å². The van der Waals surface area contributed by atoms with Gasteiger partial charge in [-0.1, -0.05) is 24.3 Å². The van der Waals surface area contributed by atoms with Crippen molar-refractivity contribution in [3.8, 4) is 16.9 Å². The minimum atomic E-state index is -2.91. The third-order valence-corrected chi connectivity index (χ3v) is 6.46. The number of ether oxygens (including phenoxy) is 2. The maximum atomic E-state index is 13.3. The molecule has 1 atom stereocenters. The lowest BCUT2D eigenvalue weighted by Gasteiger charge is -2.33. The lowest BCUT2D eigenvalue weighted by atomic mass is 10.0. The number of aryl methyl sites for hydroxylation is 1. The molecule has 1 aromatic heterocycles. The highest BCUT2D eigenvalue weighted by Crippen LogP contribution is 2.31. The third-order valence-electron chi connectivity index (χ3n) is 6.46. The Hall–Kier alpha value is -3.06. The van der Waals surface area contributed by atoms with Crippen LogP contribution in [0, 0.1) is 6.92 Å². The molecule has 0 aliphatic carbocycles. The summed E-state index contributed by atoms with van der Waals surface area (Å²) in [6.07, 6.45) is 1.58. The first-order chi connectivity index (χ1) is 15.9. The van der Waals surface area contributed by atoms with Crippen LogP contribution in [-0.2, 0) is 9.53 Å². The van der Waals surface area contributed by atoms with Gasteiger partial charge in [-0.25, -0.2) is 8.78 Å². The predicted octanol–water partition coefficient (Wildman–Crippen LogP) is 5.00. The van der Waals surface area contributed by atoms with E-state index in [1.54, 1.807) is 4.90 Å². The van der Waals surface area contributed by atoms with Gasteiger partial charge in [-0.05, 0) is 47.7 Å². The highest BCUT2D eigenvalue weighted by atomic mass is 19.3. The predicted molar refractivity (Wildman–Crippen MR) is 121 cm³/mol. The summed E-state index contributed by atoms with van der Waals surface area (Å²) in [5.41, 5.74) is 3.25. The van der Waals surface area contributed by atoms with Gasteiger partial charge in [0.2, 0.25) is 0 Å². The van der Waals surface area contributed by atoms with Crippen LogP contribution in [-0.4, -0.2) is 53.6 Å². The first kappa shape index (κ1) is 21.8. The Labute approximate surface area is 191 Å². The van der Waals surface area contributed by atoms with Crippen molar-refractivity contribution in [3.63, 3.8) is 0 Å². The van der Waals surface area contributed by atoms with Crippen LogP contribution in [0.5, 0.6) is 5.75 Å². The van der Waals surface area contributed by atoms with E-state index in [4.69, 9.17) is 9.47 Å². The van der Waals surface area contributed by atoms with E-state index in [1.807, 2.05) is 43.5 Å². The monoisotopic (exact) mass is 452 g/mol. The molecule has 0 saturated carbocycles. The zero-order valence-corrected chi connectivity index (χ0v) is 18.5. The van der Waals surface area contributed by atoms with Gasteiger partial charge in [0.05, 0.1) is 0 Å². The van der Waals surface area contributed by atoms with Crippen molar-refractivity contribution in [1.29, 1.82) is 0 Å². The summed E-state index contributed by atoms with van der Waals surface area (Å²) in [7, 11) is 0. The zero-order chi connectivity index (χ0) is 23.0. The SMILES string of the molecule is Cc1nccc2cc(-c3ccc(OC4CCN(C(=O)C5CC(F)(F)CO5)CC4)cc3)ccc12. The second-order valence-corrected chi connectivity index (χ2v) is 8.86. The van der Waals surface area contributed by atoms with Gasteiger partial charge in [0, 0.05) is 49.6 Å². The number of hydrogen-bond acceptors (Lipinski definition) is 4. The van der Waals surface area contributed by atoms with Crippen molar-refractivity contribution in [3.05, 3.63) is 60.4 Å². The van der Waals surface area contributed by atoms with Crippen LogP contribution < -0.4 is 4.74 Å². The molecule has 2 fully saturated rings. The molecule has 5 nitrogen and oxygen atoms in total. The Morgan fingerprint density at radius 1 is 1.09 bits per heavy atom. The maximum absolute atomic E-state index is 13.3. The minimum Gasteiger partial charge on any atom is -0.490 e. The van der Waals surface area contributed by atoms with Crippen molar-refractivity contribution in [2.24, 2.45) is 0 Å². The van der Waals surface area contributed by atoms with Crippen LogP contribution in [0.3, 0.4) is 0 Å². The Balaban J connectivity index is 1.17. The second-order valence-electron chi connectivity index (χ2n) is 8.86. The van der Waals surface area contributed by atoms with E-state index in [9.17, 15) is 13.6 Å². The molecule has 0 radical (unpaired) electrons. The van der Waals surface area contributed by atoms with E-state index in [2.05, 4.69) is 23.2 Å². The summed E-state index contributed by atoms with van der Waals surface area (Å²) in [5.74, 6) is -2.46. The third kappa shape index (κ3) is 4.69. The molecule has 0 N–H and O–H groups in total. The number of piperidine rings is 1. The normalized spacial score (nSPS) is 20.8.